The molecule has 0 atom stereocenters. The second-order valence-corrected chi connectivity index (χ2v) is 7.46. The molecule has 0 radical (unpaired) electrons. The molecule has 13 heteroatoms. The van der Waals surface area contributed by atoms with Gasteiger partial charge in [-0.3, -0.25) is 9.78 Å². The minimum Gasteiger partial charge on any atom is -0.506 e. The zero-order valence-electron chi connectivity index (χ0n) is 15.0. The largest absolute Gasteiger partial charge is 0.506 e. The smallest absolute Gasteiger partial charge is 0.349 e. The number of aromatic nitrogens is 4. The Morgan fingerprint density at radius 2 is 1.93 bits per heavy atom. The van der Waals surface area contributed by atoms with Crippen LogP contribution in [-0.2, 0) is 5.75 Å². The Bertz CT molecular complexity index is 1200. The molecule has 0 saturated heterocycles. The summed E-state index contributed by atoms with van der Waals surface area (Å²) in [4.78, 5) is 29.1. The molecule has 158 valence electrons. The van der Waals surface area contributed by atoms with E-state index in [2.05, 4.69) is 10.1 Å². The van der Waals surface area contributed by atoms with Crippen molar-refractivity contribution in [3.63, 3.8) is 0 Å². The zero-order valence-corrected chi connectivity index (χ0v) is 17.4. The number of nitrogens with one attached hydrogen (secondary N) is 1. The number of benzene rings is 1. The number of H-pyrrole nitrogens is 1. The number of thioether (sulfide) groups is 1. The first kappa shape index (κ1) is 22.1. The first-order valence-electron chi connectivity index (χ1n) is 8.07. The summed E-state index contributed by atoms with van der Waals surface area (Å²) in [6.07, 6.45) is -0.114. The van der Waals surface area contributed by atoms with E-state index >= 15 is 0 Å². The third kappa shape index (κ3) is 4.58. The zero-order chi connectivity index (χ0) is 22.0. The molecule has 3 rings (SSSR count). The summed E-state index contributed by atoms with van der Waals surface area (Å²) in [6, 6.07) is 3.91. The van der Waals surface area contributed by atoms with E-state index in [1.807, 2.05) is 6.26 Å². The molecule has 2 N–H and O–H groups in total. The Hall–Kier alpha value is -2.63. The predicted molar refractivity (Wildman–Crippen MR) is 109 cm³/mol. The van der Waals surface area contributed by atoms with Gasteiger partial charge in [0.1, 0.15) is 5.75 Å². The second-order valence-electron chi connectivity index (χ2n) is 5.78. The SMILES string of the molecule is CSCc1cc(Oc2c(Cl)cc(-n3nc(C(F)F)c(=O)[nH]c3=O)cc2Cl)ncc1O. The molecular weight excluding hydrogens is 465 g/mol. The van der Waals surface area contributed by atoms with Gasteiger partial charge in [0.05, 0.1) is 21.9 Å². The quantitative estimate of drug-likeness (QED) is 0.554. The number of aromatic hydroxyl groups is 1. The van der Waals surface area contributed by atoms with Crippen molar-refractivity contribution in [2.45, 2.75) is 12.2 Å². The van der Waals surface area contributed by atoms with Crippen LogP contribution in [0.3, 0.4) is 0 Å². The van der Waals surface area contributed by atoms with Crippen molar-refractivity contribution in [1.29, 1.82) is 0 Å². The molecule has 0 amide bonds. The normalized spacial score (nSPS) is 11.1. The second kappa shape index (κ2) is 9.02. The lowest BCUT2D eigenvalue weighted by atomic mass is 10.2. The Morgan fingerprint density at radius 1 is 1.27 bits per heavy atom. The van der Waals surface area contributed by atoms with Crippen LogP contribution in [0.25, 0.3) is 5.69 Å². The van der Waals surface area contributed by atoms with Crippen LogP contribution in [-0.4, -0.2) is 31.1 Å². The number of pyridine rings is 1. The highest BCUT2D eigenvalue weighted by molar-refractivity contribution is 7.97. The van der Waals surface area contributed by atoms with E-state index in [1.165, 1.54) is 36.2 Å². The van der Waals surface area contributed by atoms with Gasteiger partial charge in [-0.1, -0.05) is 23.2 Å². The van der Waals surface area contributed by atoms with Gasteiger partial charge < -0.3 is 9.84 Å². The fourth-order valence-corrected chi connectivity index (χ4v) is 3.49. The minimum absolute atomic E-state index is 0.00240. The number of aromatic amines is 1. The van der Waals surface area contributed by atoms with E-state index < -0.39 is 23.4 Å². The lowest BCUT2D eigenvalue weighted by Gasteiger charge is -2.13. The summed E-state index contributed by atoms with van der Waals surface area (Å²) in [7, 11) is 0. The van der Waals surface area contributed by atoms with E-state index in [1.54, 1.807) is 4.98 Å². The highest BCUT2D eigenvalue weighted by Crippen LogP contribution is 2.38. The van der Waals surface area contributed by atoms with Crippen LogP contribution < -0.4 is 16.0 Å². The first-order valence-corrected chi connectivity index (χ1v) is 10.2. The van der Waals surface area contributed by atoms with Gasteiger partial charge in [-0.15, -0.1) is 0 Å². The summed E-state index contributed by atoms with van der Waals surface area (Å²) in [5.74, 6) is 0.607. The standard InChI is InChI=1S/C17H12Cl2F2N4O4S/c1-30-6-7-2-12(22-5-11(7)26)29-14-9(18)3-8(4-10(14)19)25-17(28)23-16(27)13(24-25)15(20)21/h2-5,15,26H,6H2,1H3,(H,23,27,28). The van der Waals surface area contributed by atoms with Crippen molar-refractivity contribution >= 4 is 35.0 Å². The first-order chi connectivity index (χ1) is 14.2. The van der Waals surface area contributed by atoms with Crippen molar-refractivity contribution < 1.29 is 18.6 Å². The molecule has 8 nitrogen and oxygen atoms in total. The van der Waals surface area contributed by atoms with Crippen LogP contribution in [0, 0.1) is 0 Å². The Labute approximate surface area is 181 Å². The summed E-state index contributed by atoms with van der Waals surface area (Å²) in [6.45, 7) is 0. The van der Waals surface area contributed by atoms with Crippen LogP contribution in [0.15, 0.2) is 34.0 Å². The van der Waals surface area contributed by atoms with Crippen LogP contribution >= 0.6 is 35.0 Å². The van der Waals surface area contributed by atoms with E-state index in [0.29, 0.717) is 16.0 Å². The van der Waals surface area contributed by atoms with Crippen molar-refractivity contribution in [1.82, 2.24) is 19.7 Å². The lowest BCUT2D eigenvalue weighted by Crippen LogP contribution is -2.34. The fraction of sp³-hybridized carbons (Fsp3) is 0.176. The Morgan fingerprint density at radius 3 is 2.53 bits per heavy atom. The van der Waals surface area contributed by atoms with Crippen LogP contribution in [0.1, 0.15) is 17.7 Å². The van der Waals surface area contributed by atoms with E-state index in [0.717, 1.165) is 0 Å². The molecule has 0 aliphatic heterocycles. The van der Waals surface area contributed by atoms with Gasteiger partial charge in [0.2, 0.25) is 5.88 Å². The molecule has 0 aliphatic carbocycles. The maximum absolute atomic E-state index is 12.9. The average Bonchev–Trinajstić information content (AvgIpc) is 2.67. The van der Waals surface area contributed by atoms with Gasteiger partial charge in [0.25, 0.3) is 12.0 Å². The number of nitrogens with zero attached hydrogens (tertiary/aromatic N) is 3. The van der Waals surface area contributed by atoms with Crippen molar-refractivity contribution in [3.8, 4) is 23.1 Å². The van der Waals surface area contributed by atoms with E-state index in [9.17, 15) is 23.5 Å². The van der Waals surface area contributed by atoms with Crippen LogP contribution in [0.5, 0.6) is 17.4 Å². The molecule has 0 unspecified atom stereocenters. The van der Waals surface area contributed by atoms with Gasteiger partial charge in [-0.2, -0.15) is 21.5 Å². The van der Waals surface area contributed by atoms with Crippen molar-refractivity contribution in [3.05, 3.63) is 66.5 Å². The van der Waals surface area contributed by atoms with Crippen molar-refractivity contribution in [2.24, 2.45) is 0 Å². The highest BCUT2D eigenvalue weighted by atomic mass is 35.5. The number of hydrogen-bond donors (Lipinski definition) is 2. The molecule has 0 saturated carbocycles. The number of halogens is 4. The lowest BCUT2D eigenvalue weighted by molar-refractivity contribution is 0.141. The molecule has 0 fully saturated rings. The van der Waals surface area contributed by atoms with Gasteiger partial charge in [-0.05, 0) is 18.4 Å². The topological polar surface area (TPSA) is 110 Å². The third-order valence-electron chi connectivity index (χ3n) is 3.73. The number of hydrogen-bond acceptors (Lipinski definition) is 7. The summed E-state index contributed by atoms with van der Waals surface area (Å²) < 4.78 is 32.0. The summed E-state index contributed by atoms with van der Waals surface area (Å²) in [5.41, 5.74) is -2.95. The maximum Gasteiger partial charge on any atom is 0.349 e. The van der Waals surface area contributed by atoms with Crippen LogP contribution in [0.4, 0.5) is 8.78 Å². The Balaban J connectivity index is 2.01. The van der Waals surface area contributed by atoms with E-state index in [4.69, 9.17) is 27.9 Å². The molecule has 3 aromatic rings. The average molecular weight is 477 g/mol. The minimum atomic E-state index is -3.19. The maximum atomic E-state index is 12.9. The molecule has 0 aliphatic rings. The predicted octanol–water partition coefficient (Wildman–Crippen LogP) is 3.92. The van der Waals surface area contributed by atoms with Gasteiger partial charge >= 0.3 is 5.69 Å². The fourth-order valence-electron chi connectivity index (χ4n) is 2.40. The number of rotatable bonds is 6. The molecule has 0 spiro atoms. The number of alkyl halides is 2. The van der Waals surface area contributed by atoms with Gasteiger partial charge in [0.15, 0.2) is 11.4 Å². The summed E-state index contributed by atoms with van der Waals surface area (Å²) >= 11 is 13.9. The highest BCUT2D eigenvalue weighted by Gasteiger charge is 2.19. The number of ether oxygens (including phenoxy) is 1. The Kier molecular flexibility index (Phi) is 6.64. The van der Waals surface area contributed by atoms with Gasteiger partial charge in [-0.25, -0.2) is 18.6 Å². The molecular formula is C17H12Cl2F2N4O4S. The molecule has 30 heavy (non-hydrogen) atoms. The molecule has 2 heterocycles. The molecule has 2 aromatic heterocycles. The van der Waals surface area contributed by atoms with Gasteiger partial charge in [0, 0.05) is 17.4 Å². The molecule has 1 aromatic carbocycles. The monoisotopic (exact) mass is 476 g/mol. The van der Waals surface area contributed by atoms with Crippen LogP contribution in [0.2, 0.25) is 10.0 Å². The van der Waals surface area contributed by atoms with Crippen molar-refractivity contribution in [2.75, 3.05) is 6.26 Å². The molecule has 0 bridgehead atoms. The van der Waals surface area contributed by atoms with E-state index in [-0.39, 0.29) is 33.1 Å². The summed E-state index contributed by atoms with van der Waals surface area (Å²) in [5, 5.41) is 13.1. The third-order valence-corrected chi connectivity index (χ3v) is 4.90.